The van der Waals surface area contributed by atoms with Gasteiger partial charge in [0.2, 0.25) is 0 Å². The molecule has 1 heterocycles. The third-order valence-electron chi connectivity index (χ3n) is 3.29. The van der Waals surface area contributed by atoms with Crippen molar-refractivity contribution in [3.8, 4) is 0 Å². The number of aryl methyl sites for hydroxylation is 1. The molecule has 1 atom stereocenters. The molecule has 0 saturated carbocycles. The summed E-state index contributed by atoms with van der Waals surface area (Å²) >= 11 is 18.2. The topological polar surface area (TPSA) is 29.9 Å². The highest BCUT2D eigenvalue weighted by Crippen LogP contribution is 2.35. The molecule has 0 amide bonds. The Morgan fingerprint density at radius 3 is 2.60 bits per heavy atom. The Morgan fingerprint density at radius 2 is 1.95 bits per heavy atom. The normalized spacial score (nSPS) is 12.7. The lowest BCUT2D eigenvalue weighted by molar-refractivity contribution is 0.564. The van der Waals surface area contributed by atoms with E-state index < -0.39 is 0 Å². The lowest BCUT2D eigenvalue weighted by Crippen LogP contribution is -2.22. The van der Waals surface area contributed by atoms with Gasteiger partial charge >= 0.3 is 0 Å². The number of halogens is 3. The maximum absolute atomic E-state index is 6.23. The summed E-state index contributed by atoms with van der Waals surface area (Å²) in [4.78, 5) is 0. The third kappa shape index (κ3) is 3.47. The van der Waals surface area contributed by atoms with Gasteiger partial charge in [-0.15, -0.1) is 0 Å². The predicted molar refractivity (Wildman–Crippen MR) is 84.8 cm³/mol. The zero-order valence-electron chi connectivity index (χ0n) is 11.3. The number of nitrogens with one attached hydrogen (secondary N) is 1. The summed E-state index contributed by atoms with van der Waals surface area (Å²) < 4.78 is 1.87. The molecular formula is C14H16Cl3N3. The summed E-state index contributed by atoms with van der Waals surface area (Å²) in [5, 5.41) is 8.96. The van der Waals surface area contributed by atoms with E-state index in [4.69, 9.17) is 34.8 Å². The molecule has 6 heteroatoms. The van der Waals surface area contributed by atoms with Crippen LogP contribution in [-0.2, 0) is 13.5 Å². The summed E-state index contributed by atoms with van der Waals surface area (Å²) in [5.41, 5.74) is 2.14. The standard InChI is InChI=1S/C14H16Cl3N3/c1-9(11-3-4-12(15)14(17)13(11)16)18-7-5-10-6-8-19-20(10)2/h3-4,6,8-9,18H,5,7H2,1-2H3. The van der Waals surface area contributed by atoms with Crippen molar-refractivity contribution < 1.29 is 0 Å². The second kappa shape index (κ2) is 6.81. The van der Waals surface area contributed by atoms with Crippen molar-refractivity contribution in [2.24, 2.45) is 7.05 Å². The predicted octanol–water partition coefficient (Wildman–Crippen LogP) is 4.27. The van der Waals surface area contributed by atoms with Crippen LogP contribution in [0.4, 0.5) is 0 Å². The first-order valence-electron chi connectivity index (χ1n) is 6.34. The van der Waals surface area contributed by atoms with Crippen LogP contribution in [0.15, 0.2) is 24.4 Å². The first-order valence-corrected chi connectivity index (χ1v) is 7.47. The largest absolute Gasteiger partial charge is 0.310 e. The van der Waals surface area contributed by atoms with Crippen LogP contribution in [0.1, 0.15) is 24.2 Å². The van der Waals surface area contributed by atoms with E-state index in [9.17, 15) is 0 Å². The molecule has 0 aliphatic heterocycles. The minimum Gasteiger partial charge on any atom is -0.310 e. The van der Waals surface area contributed by atoms with Gasteiger partial charge < -0.3 is 5.32 Å². The van der Waals surface area contributed by atoms with Gasteiger partial charge in [-0.1, -0.05) is 40.9 Å². The molecule has 108 valence electrons. The summed E-state index contributed by atoms with van der Waals surface area (Å²) in [6.45, 7) is 2.88. The highest BCUT2D eigenvalue weighted by molar-refractivity contribution is 6.48. The van der Waals surface area contributed by atoms with E-state index >= 15 is 0 Å². The smallest absolute Gasteiger partial charge is 0.0781 e. The molecule has 0 fully saturated rings. The summed E-state index contributed by atoms with van der Waals surface area (Å²) in [6.07, 6.45) is 2.70. The molecule has 0 aliphatic rings. The van der Waals surface area contributed by atoms with Crippen LogP contribution in [-0.4, -0.2) is 16.3 Å². The zero-order chi connectivity index (χ0) is 14.7. The second-order valence-corrected chi connectivity index (χ2v) is 5.80. The molecule has 0 aliphatic carbocycles. The minimum absolute atomic E-state index is 0.102. The Kier molecular flexibility index (Phi) is 5.33. The van der Waals surface area contributed by atoms with Gasteiger partial charge in [0.05, 0.1) is 15.1 Å². The highest BCUT2D eigenvalue weighted by Gasteiger charge is 2.14. The summed E-state index contributed by atoms with van der Waals surface area (Å²) in [7, 11) is 1.94. The molecule has 20 heavy (non-hydrogen) atoms. The fourth-order valence-corrected chi connectivity index (χ4v) is 2.75. The quantitative estimate of drug-likeness (QED) is 0.829. The Morgan fingerprint density at radius 1 is 1.20 bits per heavy atom. The molecule has 1 aromatic heterocycles. The maximum atomic E-state index is 6.23. The number of benzene rings is 1. The highest BCUT2D eigenvalue weighted by atomic mass is 35.5. The molecule has 2 rings (SSSR count). The number of hydrogen-bond acceptors (Lipinski definition) is 2. The van der Waals surface area contributed by atoms with Gasteiger partial charge in [0.25, 0.3) is 0 Å². The van der Waals surface area contributed by atoms with E-state index in [0.29, 0.717) is 15.1 Å². The van der Waals surface area contributed by atoms with E-state index in [0.717, 1.165) is 18.5 Å². The molecule has 1 unspecified atom stereocenters. The molecule has 0 saturated heterocycles. The van der Waals surface area contributed by atoms with Crippen molar-refractivity contribution in [3.05, 3.63) is 50.7 Å². The SMILES string of the molecule is CC(NCCc1ccnn1C)c1ccc(Cl)c(Cl)c1Cl. The molecule has 1 N–H and O–H groups in total. The van der Waals surface area contributed by atoms with Crippen LogP contribution in [0, 0.1) is 0 Å². The van der Waals surface area contributed by atoms with Gasteiger partial charge in [-0.25, -0.2) is 0 Å². The van der Waals surface area contributed by atoms with Crippen molar-refractivity contribution in [2.45, 2.75) is 19.4 Å². The first kappa shape index (κ1) is 15.6. The average Bonchev–Trinajstić information content (AvgIpc) is 2.82. The number of nitrogens with zero attached hydrogens (tertiary/aromatic N) is 2. The molecule has 3 nitrogen and oxygen atoms in total. The van der Waals surface area contributed by atoms with Crippen molar-refractivity contribution in [2.75, 3.05) is 6.54 Å². The van der Waals surface area contributed by atoms with Crippen molar-refractivity contribution in [3.63, 3.8) is 0 Å². The molecule has 2 aromatic rings. The summed E-state index contributed by atoms with van der Waals surface area (Å²) in [5.74, 6) is 0. The molecule has 0 bridgehead atoms. The minimum atomic E-state index is 0.102. The Labute approximate surface area is 133 Å². The van der Waals surface area contributed by atoms with Crippen LogP contribution < -0.4 is 5.32 Å². The Bertz CT molecular complexity index is 595. The van der Waals surface area contributed by atoms with Crippen LogP contribution in [0.3, 0.4) is 0 Å². The van der Waals surface area contributed by atoms with E-state index in [-0.39, 0.29) is 6.04 Å². The van der Waals surface area contributed by atoms with Gasteiger partial charge in [-0.2, -0.15) is 5.10 Å². The van der Waals surface area contributed by atoms with Crippen LogP contribution in [0.5, 0.6) is 0 Å². The average molecular weight is 333 g/mol. The Hall–Kier alpha value is -0.740. The fraction of sp³-hybridized carbons (Fsp3) is 0.357. The van der Waals surface area contributed by atoms with Crippen LogP contribution in [0.25, 0.3) is 0 Å². The maximum Gasteiger partial charge on any atom is 0.0781 e. The second-order valence-electron chi connectivity index (χ2n) is 4.64. The first-order chi connectivity index (χ1) is 9.50. The molecule has 0 spiro atoms. The Balaban J connectivity index is 1.97. The molecular weight excluding hydrogens is 317 g/mol. The number of aromatic nitrogens is 2. The fourth-order valence-electron chi connectivity index (χ4n) is 2.05. The van der Waals surface area contributed by atoms with Gasteiger partial charge in [0, 0.05) is 37.9 Å². The van der Waals surface area contributed by atoms with E-state index in [1.54, 1.807) is 12.3 Å². The molecule has 1 aromatic carbocycles. The van der Waals surface area contributed by atoms with Gasteiger partial charge in [-0.3, -0.25) is 4.68 Å². The van der Waals surface area contributed by atoms with Crippen molar-refractivity contribution in [1.82, 2.24) is 15.1 Å². The van der Waals surface area contributed by atoms with E-state index in [1.807, 2.05) is 23.9 Å². The number of hydrogen-bond donors (Lipinski definition) is 1. The van der Waals surface area contributed by atoms with Crippen molar-refractivity contribution >= 4 is 34.8 Å². The van der Waals surface area contributed by atoms with Gasteiger partial charge in [-0.05, 0) is 24.6 Å². The lowest BCUT2D eigenvalue weighted by atomic mass is 10.1. The number of rotatable bonds is 5. The van der Waals surface area contributed by atoms with Crippen LogP contribution in [0.2, 0.25) is 15.1 Å². The van der Waals surface area contributed by atoms with E-state index in [2.05, 4.69) is 17.3 Å². The third-order valence-corrected chi connectivity index (χ3v) is 4.59. The van der Waals surface area contributed by atoms with Crippen molar-refractivity contribution in [1.29, 1.82) is 0 Å². The zero-order valence-corrected chi connectivity index (χ0v) is 13.6. The van der Waals surface area contributed by atoms with Crippen LogP contribution >= 0.6 is 34.8 Å². The summed E-state index contributed by atoms with van der Waals surface area (Å²) in [6, 6.07) is 5.78. The van der Waals surface area contributed by atoms with E-state index in [1.165, 1.54) is 5.69 Å². The molecule has 0 radical (unpaired) electrons. The van der Waals surface area contributed by atoms with Gasteiger partial charge in [0.15, 0.2) is 0 Å². The lowest BCUT2D eigenvalue weighted by Gasteiger charge is -2.17. The van der Waals surface area contributed by atoms with Gasteiger partial charge in [0.1, 0.15) is 0 Å². The monoisotopic (exact) mass is 331 g/mol.